The van der Waals surface area contributed by atoms with Crippen molar-refractivity contribution in [2.24, 2.45) is 0 Å². The van der Waals surface area contributed by atoms with E-state index in [0.29, 0.717) is 12.5 Å². The molecule has 1 N–H and O–H groups in total. The summed E-state index contributed by atoms with van der Waals surface area (Å²) in [6.45, 7) is 1.52. The van der Waals surface area contributed by atoms with Crippen LogP contribution in [0.5, 0.6) is 5.75 Å². The van der Waals surface area contributed by atoms with Crippen LogP contribution >= 0.6 is 0 Å². The summed E-state index contributed by atoms with van der Waals surface area (Å²) in [5.74, 6) is 2.81. The molecule has 0 radical (unpaired) electrons. The number of methoxy groups -OCH3 is 1. The molecular weight excluding hydrogens is 350 g/mol. The zero-order valence-electron chi connectivity index (χ0n) is 16.1. The number of likely N-dealkylation sites (tertiary alicyclic amines) is 1. The highest BCUT2D eigenvalue weighted by atomic mass is 16.5. The van der Waals surface area contributed by atoms with Crippen LogP contribution in [0.2, 0.25) is 0 Å². The number of amides is 1. The van der Waals surface area contributed by atoms with Gasteiger partial charge in [-0.15, -0.1) is 0 Å². The Morgan fingerprint density at radius 1 is 1.14 bits per heavy atom. The van der Waals surface area contributed by atoms with Crippen molar-refractivity contribution >= 4 is 16.9 Å². The van der Waals surface area contributed by atoms with Gasteiger partial charge in [-0.05, 0) is 67.5 Å². The first-order valence-corrected chi connectivity index (χ1v) is 10.1. The van der Waals surface area contributed by atoms with Crippen molar-refractivity contribution in [2.45, 2.75) is 37.5 Å². The maximum absolute atomic E-state index is 13.2. The second-order valence-electron chi connectivity index (χ2n) is 7.96. The van der Waals surface area contributed by atoms with Crippen molar-refractivity contribution in [2.75, 3.05) is 20.2 Å². The number of para-hydroxylation sites is 2. The van der Waals surface area contributed by atoms with Crippen molar-refractivity contribution in [3.8, 4) is 5.75 Å². The van der Waals surface area contributed by atoms with Crippen LogP contribution in [0.15, 0.2) is 42.5 Å². The molecule has 2 fully saturated rings. The smallest absolute Gasteiger partial charge is 0.253 e. The Kier molecular flexibility index (Phi) is 4.30. The molecule has 1 aromatic heterocycles. The number of nitrogens with one attached hydrogen (secondary N) is 1. The van der Waals surface area contributed by atoms with Crippen LogP contribution in [0.1, 0.15) is 59.3 Å². The SMILES string of the molecule is COc1ccc(C(=O)N2CCCC(c3nc4ccccc4[nH]3)C2)cc1C1CC1. The van der Waals surface area contributed by atoms with E-state index in [-0.39, 0.29) is 11.8 Å². The van der Waals surface area contributed by atoms with Gasteiger partial charge in [0.2, 0.25) is 0 Å². The largest absolute Gasteiger partial charge is 0.496 e. The van der Waals surface area contributed by atoms with E-state index < -0.39 is 0 Å². The van der Waals surface area contributed by atoms with Gasteiger partial charge in [0.15, 0.2) is 0 Å². The van der Waals surface area contributed by atoms with Crippen molar-refractivity contribution in [1.29, 1.82) is 0 Å². The van der Waals surface area contributed by atoms with E-state index in [9.17, 15) is 4.79 Å². The zero-order valence-corrected chi connectivity index (χ0v) is 16.1. The number of hydrogen-bond donors (Lipinski definition) is 1. The number of fused-ring (bicyclic) bond motifs is 1. The third-order valence-electron chi connectivity index (χ3n) is 6.00. The van der Waals surface area contributed by atoms with Gasteiger partial charge in [-0.1, -0.05) is 12.1 Å². The third-order valence-corrected chi connectivity index (χ3v) is 6.00. The average Bonchev–Trinajstić information content (AvgIpc) is 3.50. The van der Waals surface area contributed by atoms with E-state index in [2.05, 4.69) is 4.98 Å². The molecule has 2 aromatic carbocycles. The van der Waals surface area contributed by atoms with Crippen LogP contribution < -0.4 is 4.74 Å². The Bertz CT molecular complexity index is 989. The topological polar surface area (TPSA) is 58.2 Å². The molecule has 1 atom stereocenters. The van der Waals surface area contributed by atoms with Gasteiger partial charge in [0.1, 0.15) is 11.6 Å². The van der Waals surface area contributed by atoms with Gasteiger partial charge >= 0.3 is 0 Å². The Hall–Kier alpha value is -2.82. The first-order chi connectivity index (χ1) is 13.7. The van der Waals surface area contributed by atoms with Crippen LogP contribution in [-0.4, -0.2) is 41.0 Å². The van der Waals surface area contributed by atoms with Crippen molar-refractivity contribution < 1.29 is 9.53 Å². The average molecular weight is 375 g/mol. The van der Waals surface area contributed by atoms with Gasteiger partial charge in [0, 0.05) is 24.6 Å². The predicted octanol–water partition coefficient (Wildman–Crippen LogP) is 4.47. The first-order valence-electron chi connectivity index (χ1n) is 10.1. The molecule has 0 spiro atoms. The number of rotatable bonds is 4. The minimum absolute atomic E-state index is 0.116. The number of carbonyl (C=O) groups is 1. The number of hydrogen-bond acceptors (Lipinski definition) is 3. The van der Waals surface area contributed by atoms with Crippen LogP contribution in [0.4, 0.5) is 0 Å². The standard InChI is InChI=1S/C23H25N3O2/c1-28-21-11-10-16(13-18(21)15-8-9-15)23(27)26-12-4-5-17(14-26)22-24-19-6-2-3-7-20(19)25-22/h2-3,6-7,10-11,13,15,17H,4-5,8-9,12,14H2,1H3,(H,24,25). The quantitative estimate of drug-likeness (QED) is 0.732. The molecule has 144 valence electrons. The Morgan fingerprint density at radius 3 is 2.79 bits per heavy atom. The summed E-state index contributed by atoms with van der Waals surface area (Å²) < 4.78 is 5.49. The fraction of sp³-hybridized carbons (Fsp3) is 0.391. The second kappa shape index (κ2) is 6.97. The summed E-state index contributed by atoms with van der Waals surface area (Å²) in [5.41, 5.74) is 4.00. The number of imidazole rings is 1. The maximum atomic E-state index is 13.2. The number of aromatic amines is 1. The summed E-state index contributed by atoms with van der Waals surface area (Å²) in [5, 5.41) is 0. The minimum Gasteiger partial charge on any atom is -0.496 e. The minimum atomic E-state index is 0.116. The van der Waals surface area contributed by atoms with Gasteiger partial charge in [-0.2, -0.15) is 0 Å². The molecule has 0 bridgehead atoms. The molecule has 2 heterocycles. The van der Waals surface area contributed by atoms with E-state index in [1.807, 2.05) is 47.4 Å². The third kappa shape index (κ3) is 3.15. The second-order valence-corrected chi connectivity index (χ2v) is 7.96. The molecule has 1 amide bonds. The lowest BCUT2D eigenvalue weighted by molar-refractivity contribution is 0.0705. The molecule has 28 heavy (non-hydrogen) atoms. The Balaban J connectivity index is 1.37. The molecule has 5 heteroatoms. The summed E-state index contributed by atoms with van der Waals surface area (Å²) in [6.07, 6.45) is 4.43. The number of H-pyrrole nitrogens is 1. The van der Waals surface area contributed by atoms with Gasteiger partial charge in [-0.25, -0.2) is 4.98 Å². The van der Waals surface area contributed by atoms with Crippen LogP contribution in [-0.2, 0) is 0 Å². The van der Waals surface area contributed by atoms with E-state index in [4.69, 9.17) is 9.72 Å². The highest BCUT2D eigenvalue weighted by Gasteiger charge is 2.30. The summed E-state index contributed by atoms with van der Waals surface area (Å²) in [7, 11) is 1.70. The molecular formula is C23H25N3O2. The highest BCUT2D eigenvalue weighted by molar-refractivity contribution is 5.94. The number of aromatic nitrogens is 2. The molecule has 2 aliphatic rings. The van der Waals surface area contributed by atoms with Crippen LogP contribution in [0.25, 0.3) is 11.0 Å². The number of benzene rings is 2. The fourth-order valence-electron chi connectivity index (χ4n) is 4.31. The number of nitrogens with zero attached hydrogens (tertiary/aromatic N) is 2. The van der Waals surface area contributed by atoms with E-state index in [1.54, 1.807) is 7.11 Å². The Morgan fingerprint density at radius 2 is 2.00 bits per heavy atom. The molecule has 3 aromatic rings. The van der Waals surface area contributed by atoms with Crippen molar-refractivity contribution in [3.63, 3.8) is 0 Å². The predicted molar refractivity (Wildman–Crippen MR) is 109 cm³/mol. The zero-order chi connectivity index (χ0) is 19.1. The first kappa shape index (κ1) is 17.3. The summed E-state index contributed by atoms with van der Waals surface area (Å²) >= 11 is 0. The Labute approximate surface area is 164 Å². The highest BCUT2D eigenvalue weighted by Crippen LogP contribution is 2.44. The van der Waals surface area contributed by atoms with Gasteiger partial charge < -0.3 is 14.6 Å². The lowest BCUT2D eigenvalue weighted by atomic mass is 9.96. The lowest BCUT2D eigenvalue weighted by Crippen LogP contribution is -2.39. The molecule has 5 nitrogen and oxygen atoms in total. The molecule has 1 aliphatic carbocycles. The van der Waals surface area contributed by atoms with E-state index in [1.165, 1.54) is 18.4 Å². The molecule has 1 saturated heterocycles. The van der Waals surface area contributed by atoms with Gasteiger partial charge in [0.05, 0.1) is 18.1 Å². The lowest BCUT2D eigenvalue weighted by Gasteiger charge is -2.32. The van der Waals surface area contributed by atoms with E-state index >= 15 is 0 Å². The van der Waals surface area contributed by atoms with Gasteiger partial charge in [0.25, 0.3) is 5.91 Å². The molecule has 1 aliphatic heterocycles. The molecule has 5 rings (SSSR count). The number of ether oxygens (including phenoxy) is 1. The van der Waals surface area contributed by atoms with Crippen molar-refractivity contribution in [1.82, 2.24) is 14.9 Å². The fourth-order valence-corrected chi connectivity index (χ4v) is 4.31. The normalized spacial score (nSPS) is 19.8. The maximum Gasteiger partial charge on any atom is 0.253 e. The molecule has 1 saturated carbocycles. The molecule has 1 unspecified atom stereocenters. The monoisotopic (exact) mass is 375 g/mol. The van der Waals surface area contributed by atoms with Gasteiger partial charge in [-0.3, -0.25) is 4.79 Å². The number of carbonyl (C=O) groups excluding carboxylic acids is 1. The van der Waals surface area contributed by atoms with Crippen LogP contribution in [0, 0.1) is 0 Å². The summed E-state index contributed by atoms with van der Waals surface area (Å²) in [6, 6.07) is 14.0. The number of piperidine rings is 1. The van der Waals surface area contributed by atoms with Crippen LogP contribution in [0.3, 0.4) is 0 Å². The summed E-state index contributed by atoms with van der Waals surface area (Å²) in [4.78, 5) is 23.4. The van der Waals surface area contributed by atoms with Crippen molar-refractivity contribution in [3.05, 3.63) is 59.4 Å². The van der Waals surface area contributed by atoms with E-state index in [0.717, 1.165) is 47.6 Å².